The number of rotatable bonds is 15. The van der Waals surface area contributed by atoms with Crippen molar-refractivity contribution in [2.24, 2.45) is 0 Å². The predicted molar refractivity (Wildman–Crippen MR) is 146 cm³/mol. The first-order chi connectivity index (χ1) is 18.4. The van der Waals surface area contributed by atoms with Gasteiger partial charge in [-0.05, 0) is 43.2 Å². The van der Waals surface area contributed by atoms with Crippen LogP contribution >= 0.6 is 0 Å². The number of hydrogen-bond donors (Lipinski definition) is 4. The van der Waals surface area contributed by atoms with Crippen LogP contribution in [-0.4, -0.2) is 78.8 Å². The molecule has 3 rings (SSSR count). The predicted octanol–water partition coefficient (Wildman–Crippen LogP) is 2.49. The normalized spacial score (nSPS) is 10.8. The SMILES string of the molecule is Cc1ccc(N(CCO)CCO)c(OOc2c(N(CCO)CCO)ccc(C)c2C(=O)c2ccccc2)c1. The molecule has 38 heavy (non-hydrogen) atoms. The molecule has 0 spiro atoms. The average molecular weight is 525 g/mol. The third kappa shape index (κ3) is 7.02. The molecule has 0 radical (unpaired) electrons. The minimum atomic E-state index is -0.261. The van der Waals surface area contributed by atoms with E-state index >= 15 is 0 Å². The van der Waals surface area contributed by atoms with E-state index < -0.39 is 0 Å². The van der Waals surface area contributed by atoms with Gasteiger partial charge in [0.1, 0.15) is 0 Å². The van der Waals surface area contributed by atoms with Crippen LogP contribution in [0.4, 0.5) is 11.4 Å². The Morgan fingerprint density at radius 2 is 1.26 bits per heavy atom. The molecule has 0 heterocycles. The number of benzene rings is 3. The van der Waals surface area contributed by atoms with Crippen molar-refractivity contribution in [3.63, 3.8) is 0 Å². The molecule has 0 atom stereocenters. The molecule has 0 aliphatic carbocycles. The Kier molecular flexibility index (Phi) is 10.9. The molecule has 3 aromatic carbocycles. The monoisotopic (exact) mass is 524 g/mol. The van der Waals surface area contributed by atoms with Gasteiger partial charge in [0.05, 0.1) is 43.4 Å². The second-order valence-electron chi connectivity index (χ2n) is 8.81. The lowest BCUT2D eigenvalue weighted by molar-refractivity contribution is -0.0994. The molecular weight excluding hydrogens is 488 g/mol. The zero-order valence-corrected chi connectivity index (χ0v) is 21.8. The molecule has 3 aromatic rings. The summed E-state index contributed by atoms with van der Waals surface area (Å²) in [4.78, 5) is 29.0. The van der Waals surface area contributed by atoms with Gasteiger partial charge >= 0.3 is 0 Å². The quantitative estimate of drug-likeness (QED) is 0.135. The molecule has 9 heteroatoms. The van der Waals surface area contributed by atoms with E-state index in [1.165, 1.54) is 0 Å². The number of aryl methyl sites for hydroxylation is 2. The molecule has 204 valence electrons. The first kappa shape index (κ1) is 28.9. The Morgan fingerprint density at radius 1 is 0.711 bits per heavy atom. The van der Waals surface area contributed by atoms with E-state index in [9.17, 15) is 25.2 Å². The van der Waals surface area contributed by atoms with E-state index in [0.717, 1.165) is 5.56 Å². The number of hydrogen-bond acceptors (Lipinski definition) is 9. The Labute approximate surface area is 223 Å². The first-order valence-corrected chi connectivity index (χ1v) is 12.6. The lowest BCUT2D eigenvalue weighted by Gasteiger charge is -2.28. The number of ketones is 1. The van der Waals surface area contributed by atoms with Crippen LogP contribution in [0.15, 0.2) is 60.7 Å². The van der Waals surface area contributed by atoms with Gasteiger partial charge in [0.15, 0.2) is 5.78 Å². The zero-order chi connectivity index (χ0) is 27.5. The van der Waals surface area contributed by atoms with Crippen molar-refractivity contribution in [3.05, 3.63) is 82.9 Å². The summed E-state index contributed by atoms with van der Waals surface area (Å²) in [7, 11) is 0. The van der Waals surface area contributed by atoms with Crippen molar-refractivity contribution in [1.29, 1.82) is 0 Å². The van der Waals surface area contributed by atoms with Gasteiger partial charge in [0, 0.05) is 31.7 Å². The van der Waals surface area contributed by atoms with Crippen molar-refractivity contribution in [3.8, 4) is 11.5 Å². The van der Waals surface area contributed by atoms with E-state index in [-0.39, 0.29) is 64.1 Å². The van der Waals surface area contributed by atoms with Crippen LogP contribution in [0.1, 0.15) is 27.0 Å². The van der Waals surface area contributed by atoms with E-state index in [0.29, 0.717) is 33.8 Å². The average Bonchev–Trinajstić information content (AvgIpc) is 2.92. The molecule has 0 fully saturated rings. The molecule has 4 N–H and O–H groups in total. The van der Waals surface area contributed by atoms with Crippen molar-refractivity contribution >= 4 is 17.2 Å². The largest absolute Gasteiger partial charge is 0.395 e. The van der Waals surface area contributed by atoms with Crippen molar-refractivity contribution in [2.45, 2.75) is 13.8 Å². The fraction of sp³-hybridized carbons (Fsp3) is 0.345. The van der Waals surface area contributed by atoms with Crippen molar-refractivity contribution in [1.82, 2.24) is 0 Å². The maximum Gasteiger partial charge on any atom is 0.213 e. The molecule has 0 aliphatic rings. The minimum absolute atomic E-state index is 0.122. The highest BCUT2D eigenvalue weighted by Crippen LogP contribution is 2.38. The summed E-state index contributed by atoms with van der Waals surface area (Å²) in [6.45, 7) is 4.06. The van der Waals surface area contributed by atoms with Crippen LogP contribution in [0.3, 0.4) is 0 Å². The Balaban J connectivity index is 2.12. The fourth-order valence-corrected chi connectivity index (χ4v) is 4.24. The van der Waals surface area contributed by atoms with E-state index in [1.807, 2.05) is 25.1 Å². The molecule has 0 bridgehead atoms. The third-order valence-corrected chi connectivity index (χ3v) is 6.10. The van der Waals surface area contributed by atoms with Gasteiger partial charge in [-0.1, -0.05) is 42.5 Å². The summed E-state index contributed by atoms with van der Waals surface area (Å²) in [6, 6.07) is 17.9. The van der Waals surface area contributed by atoms with Gasteiger partial charge < -0.3 is 30.2 Å². The van der Waals surface area contributed by atoms with Crippen LogP contribution in [-0.2, 0) is 0 Å². The van der Waals surface area contributed by atoms with Gasteiger partial charge in [0.25, 0.3) is 0 Å². The lowest BCUT2D eigenvalue weighted by atomic mass is 9.97. The summed E-state index contributed by atoms with van der Waals surface area (Å²) in [5.41, 5.74) is 3.42. The summed E-state index contributed by atoms with van der Waals surface area (Å²) in [5, 5.41) is 38.4. The number of carbonyl (C=O) groups excluding carboxylic acids is 1. The number of anilines is 2. The smallest absolute Gasteiger partial charge is 0.213 e. The molecule has 0 saturated heterocycles. The summed E-state index contributed by atoms with van der Waals surface area (Å²) < 4.78 is 0. The van der Waals surface area contributed by atoms with Crippen LogP contribution in [0.2, 0.25) is 0 Å². The maximum atomic E-state index is 13.7. The molecule has 9 nitrogen and oxygen atoms in total. The van der Waals surface area contributed by atoms with Gasteiger partial charge in [-0.2, -0.15) is 0 Å². The summed E-state index contributed by atoms with van der Waals surface area (Å²) in [5.74, 6) is 0.237. The van der Waals surface area contributed by atoms with Crippen LogP contribution in [0, 0.1) is 13.8 Å². The van der Waals surface area contributed by atoms with Gasteiger partial charge in [-0.15, -0.1) is 0 Å². The highest BCUT2D eigenvalue weighted by Gasteiger charge is 2.25. The molecule has 0 aromatic heterocycles. The fourth-order valence-electron chi connectivity index (χ4n) is 4.24. The zero-order valence-electron chi connectivity index (χ0n) is 21.8. The first-order valence-electron chi connectivity index (χ1n) is 12.6. The van der Waals surface area contributed by atoms with Gasteiger partial charge in [0.2, 0.25) is 11.5 Å². The maximum absolute atomic E-state index is 13.7. The second kappa shape index (κ2) is 14.3. The summed E-state index contributed by atoms with van der Waals surface area (Å²) in [6.07, 6.45) is 0. The molecule has 0 aliphatic heterocycles. The Morgan fingerprint density at radius 3 is 1.84 bits per heavy atom. The Hall–Kier alpha value is -3.63. The highest BCUT2D eigenvalue weighted by molar-refractivity contribution is 6.12. The number of nitrogens with zero attached hydrogens (tertiary/aromatic N) is 2. The Bertz CT molecular complexity index is 1180. The summed E-state index contributed by atoms with van der Waals surface area (Å²) >= 11 is 0. The molecule has 0 amide bonds. The molecular formula is C29H36N2O7. The third-order valence-electron chi connectivity index (χ3n) is 6.10. The van der Waals surface area contributed by atoms with Gasteiger partial charge in [-0.3, -0.25) is 14.6 Å². The number of aliphatic hydroxyl groups excluding tert-OH is 4. The molecule has 0 unspecified atom stereocenters. The molecule has 0 saturated carbocycles. The van der Waals surface area contributed by atoms with Crippen molar-refractivity contribution in [2.75, 3.05) is 62.4 Å². The van der Waals surface area contributed by atoms with Gasteiger partial charge in [-0.25, -0.2) is 0 Å². The number of aliphatic hydroxyl groups is 4. The van der Waals surface area contributed by atoms with Crippen LogP contribution < -0.4 is 19.6 Å². The second-order valence-corrected chi connectivity index (χ2v) is 8.81. The van der Waals surface area contributed by atoms with E-state index in [2.05, 4.69) is 0 Å². The minimum Gasteiger partial charge on any atom is -0.395 e. The van der Waals surface area contributed by atoms with Crippen LogP contribution in [0.5, 0.6) is 11.5 Å². The number of carbonyl (C=O) groups is 1. The standard InChI is InChI=1S/C29H36N2O7/c1-21-8-10-24(30(12-16-32)13-17-33)26(20-21)37-38-29-25(31(14-18-34)15-19-35)11-9-22(2)27(29)28(36)23-6-4-3-5-7-23/h3-11,20,32-35H,12-19H2,1-2H3. The lowest BCUT2D eigenvalue weighted by Crippen LogP contribution is -2.31. The van der Waals surface area contributed by atoms with Crippen LogP contribution in [0.25, 0.3) is 0 Å². The van der Waals surface area contributed by atoms with E-state index in [1.54, 1.807) is 59.2 Å². The highest BCUT2D eigenvalue weighted by atomic mass is 17.2. The topological polar surface area (TPSA) is 123 Å². The van der Waals surface area contributed by atoms with Crippen molar-refractivity contribution < 1.29 is 35.0 Å². The van der Waals surface area contributed by atoms with E-state index in [4.69, 9.17) is 9.78 Å².